The monoisotopic (exact) mass is 235 g/mol. The summed E-state index contributed by atoms with van der Waals surface area (Å²) in [6, 6.07) is 5.08. The van der Waals surface area contributed by atoms with Gasteiger partial charge in [0.25, 0.3) is 5.91 Å². The zero-order chi connectivity index (χ0) is 12.1. The largest absolute Gasteiger partial charge is 0.351 e. The maximum Gasteiger partial charge on any atom is 0.267 e. The number of rotatable bonds is 4. The molecule has 0 bridgehead atoms. The van der Waals surface area contributed by atoms with Crippen molar-refractivity contribution in [2.75, 3.05) is 13.1 Å². The predicted octanol–water partition coefficient (Wildman–Crippen LogP) is 0.247. The maximum absolute atomic E-state index is 11.7. The van der Waals surface area contributed by atoms with Gasteiger partial charge in [0.15, 0.2) is 0 Å². The fourth-order valence-corrected chi connectivity index (χ4v) is 2.04. The fraction of sp³-hybridized carbons (Fsp3) is 0.500. The van der Waals surface area contributed by atoms with Crippen LogP contribution in [0.2, 0.25) is 0 Å². The smallest absolute Gasteiger partial charge is 0.267 e. The van der Waals surface area contributed by atoms with Crippen LogP contribution in [0.5, 0.6) is 0 Å². The number of amides is 1. The van der Waals surface area contributed by atoms with Crippen molar-refractivity contribution in [1.82, 2.24) is 15.6 Å². The Morgan fingerprint density at radius 2 is 2.35 bits per heavy atom. The van der Waals surface area contributed by atoms with E-state index in [0.29, 0.717) is 18.3 Å². The molecule has 2 rings (SSSR count). The van der Waals surface area contributed by atoms with Crippen LogP contribution in [-0.4, -0.2) is 30.0 Å². The van der Waals surface area contributed by atoms with Crippen LogP contribution < -0.4 is 16.2 Å². The molecule has 1 amide bonds. The van der Waals surface area contributed by atoms with Gasteiger partial charge in [-0.15, -0.1) is 0 Å². The number of pyridine rings is 1. The summed E-state index contributed by atoms with van der Waals surface area (Å²) in [5.41, 5.74) is 0.0620. The molecule has 0 spiro atoms. The van der Waals surface area contributed by atoms with E-state index >= 15 is 0 Å². The van der Waals surface area contributed by atoms with E-state index in [0.717, 1.165) is 13.0 Å². The minimum absolute atomic E-state index is 0.222. The Balaban J connectivity index is 1.79. The van der Waals surface area contributed by atoms with Crippen molar-refractivity contribution in [3.05, 3.63) is 34.2 Å². The fourth-order valence-electron chi connectivity index (χ4n) is 2.04. The molecule has 0 aromatic carbocycles. The molecule has 0 unspecified atom stereocenters. The topological polar surface area (TPSA) is 74.0 Å². The highest BCUT2D eigenvalue weighted by Crippen LogP contribution is 2.07. The summed E-state index contributed by atoms with van der Waals surface area (Å²) < 4.78 is 0. The van der Waals surface area contributed by atoms with Crippen LogP contribution in [-0.2, 0) is 0 Å². The third-order valence-corrected chi connectivity index (χ3v) is 2.95. The summed E-state index contributed by atoms with van der Waals surface area (Å²) >= 11 is 0. The molecule has 1 atom stereocenters. The summed E-state index contributed by atoms with van der Waals surface area (Å²) in [5, 5.41) is 6.17. The third kappa shape index (κ3) is 3.42. The molecule has 1 saturated heterocycles. The number of nitrogens with one attached hydrogen (secondary N) is 3. The van der Waals surface area contributed by atoms with E-state index in [2.05, 4.69) is 15.6 Å². The van der Waals surface area contributed by atoms with Gasteiger partial charge in [0, 0.05) is 18.7 Å². The molecule has 0 saturated carbocycles. The number of aromatic amines is 1. The first-order valence-corrected chi connectivity index (χ1v) is 5.96. The number of hydrogen-bond donors (Lipinski definition) is 3. The van der Waals surface area contributed by atoms with Crippen LogP contribution in [0.15, 0.2) is 23.0 Å². The molecule has 1 aromatic heterocycles. The summed E-state index contributed by atoms with van der Waals surface area (Å²) in [4.78, 5) is 25.2. The van der Waals surface area contributed by atoms with Crippen LogP contribution in [0.25, 0.3) is 0 Å². The van der Waals surface area contributed by atoms with Gasteiger partial charge < -0.3 is 15.6 Å². The highest BCUT2D eigenvalue weighted by Gasteiger charge is 2.14. The summed E-state index contributed by atoms with van der Waals surface area (Å²) in [5.74, 6) is -0.222. The maximum atomic E-state index is 11.7. The quantitative estimate of drug-likeness (QED) is 0.700. The Kier molecular flexibility index (Phi) is 3.93. The molecule has 17 heavy (non-hydrogen) atoms. The minimum atomic E-state index is -0.255. The lowest BCUT2D eigenvalue weighted by Crippen LogP contribution is -2.31. The van der Waals surface area contributed by atoms with Gasteiger partial charge in [-0.25, -0.2) is 0 Å². The van der Waals surface area contributed by atoms with E-state index in [1.165, 1.54) is 18.9 Å². The van der Waals surface area contributed by atoms with E-state index in [4.69, 9.17) is 0 Å². The van der Waals surface area contributed by atoms with Crippen LogP contribution in [0, 0.1) is 0 Å². The second-order valence-electron chi connectivity index (χ2n) is 4.27. The molecule has 1 aliphatic heterocycles. The first-order chi connectivity index (χ1) is 8.25. The second-order valence-corrected chi connectivity index (χ2v) is 4.27. The molecule has 0 aliphatic carbocycles. The van der Waals surface area contributed by atoms with E-state index < -0.39 is 0 Å². The summed E-state index contributed by atoms with van der Waals surface area (Å²) in [7, 11) is 0. The highest BCUT2D eigenvalue weighted by atomic mass is 16.2. The SMILES string of the molecule is O=C(NCC[C@H]1CCCN1)c1cccc(=O)[nH]1. The lowest BCUT2D eigenvalue weighted by molar-refractivity contribution is 0.0947. The van der Waals surface area contributed by atoms with Crippen molar-refractivity contribution >= 4 is 5.91 Å². The van der Waals surface area contributed by atoms with Gasteiger partial charge in [0.1, 0.15) is 5.69 Å². The van der Waals surface area contributed by atoms with Crippen molar-refractivity contribution < 1.29 is 4.79 Å². The molecule has 0 radical (unpaired) electrons. The number of hydrogen-bond acceptors (Lipinski definition) is 3. The second kappa shape index (κ2) is 5.63. The molecular weight excluding hydrogens is 218 g/mol. The normalized spacial score (nSPS) is 19.2. The Morgan fingerprint density at radius 1 is 1.47 bits per heavy atom. The van der Waals surface area contributed by atoms with Gasteiger partial charge in [-0.2, -0.15) is 0 Å². The zero-order valence-electron chi connectivity index (χ0n) is 9.66. The van der Waals surface area contributed by atoms with E-state index in [-0.39, 0.29) is 11.5 Å². The van der Waals surface area contributed by atoms with E-state index in [9.17, 15) is 9.59 Å². The first kappa shape index (κ1) is 11.9. The van der Waals surface area contributed by atoms with Crippen molar-refractivity contribution in [1.29, 1.82) is 0 Å². The van der Waals surface area contributed by atoms with Crippen molar-refractivity contribution in [3.8, 4) is 0 Å². The summed E-state index contributed by atoms with van der Waals surface area (Å²) in [6.07, 6.45) is 3.32. The number of carbonyl (C=O) groups is 1. The molecule has 92 valence electrons. The highest BCUT2D eigenvalue weighted by molar-refractivity contribution is 5.92. The van der Waals surface area contributed by atoms with Gasteiger partial charge in [0.05, 0.1) is 0 Å². The Hall–Kier alpha value is -1.62. The number of carbonyl (C=O) groups excluding carboxylic acids is 1. The average Bonchev–Trinajstić information content (AvgIpc) is 2.82. The standard InChI is InChI=1S/C12H17N3O2/c16-11-5-1-4-10(15-11)12(17)14-8-6-9-3-2-7-13-9/h1,4-5,9,13H,2-3,6-8H2,(H,14,17)(H,15,16)/t9-/m1/s1. The van der Waals surface area contributed by atoms with Crippen molar-refractivity contribution in [3.63, 3.8) is 0 Å². The molecule has 5 nitrogen and oxygen atoms in total. The van der Waals surface area contributed by atoms with Crippen molar-refractivity contribution in [2.45, 2.75) is 25.3 Å². The Morgan fingerprint density at radius 3 is 3.06 bits per heavy atom. The van der Waals surface area contributed by atoms with Gasteiger partial charge in [-0.3, -0.25) is 9.59 Å². The average molecular weight is 235 g/mol. The van der Waals surface area contributed by atoms with Crippen LogP contribution in [0.3, 0.4) is 0 Å². The Bertz CT molecular complexity index is 435. The van der Waals surface area contributed by atoms with Gasteiger partial charge in [-0.05, 0) is 31.9 Å². The molecular formula is C12H17N3O2. The van der Waals surface area contributed by atoms with Gasteiger partial charge in [0.2, 0.25) is 5.56 Å². The minimum Gasteiger partial charge on any atom is -0.351 e. The number of H-pyrrole nitrogens is 1. The third-order valence-electron chi connectivity index (χ3n) is 2.95. The molecule has 1 aliphatic rings. The van der Waals surface area contributed by atoms with Crippen LogP contribution in [0.1, 0.15) is 29.8 Å². The lowest BCUT2D eigenvalue weighted by atomic mass is 10.1. The van der Waals surface area contributed by atoms with E-state index in [1.54, 1.807) is 12.1 Å². The Labute approximate surface area is 99.6 Å². The molecule has 3 N–H and O–H groups in total. The molecule has 2 heterocycles. The molecule has 1 fully saturated rings. The van der Waals surface area contributed by atoms with E-state index in [1.807, 2.05) is 0 Å². The molecule has 5 heteroatoms. The lowest BCUT2D eigenvalue weighted by Gasteiger charge is -2.10. The summed E-state index contributed by atoms with van der Waals surface area (Å²) in [6.45, 7) is 1.71. The van der Waals surface area contributed by atoms with Crippen LogP contribution in [0.4, 0.5) is 0 Å². The first-order valence-electron chi connectivity index (χ1n) is 5.96. The van der Waals surface area contributed by atoms with Gasteiger partial charge >= 0.3 is 0 Å². The predicted molar refractivity (Wildman–Crippen MR) is 65.0 cm³/mol. The van der Waals surface area contributed by atoms with Gasteiger partial charge in [-0.1, -0.05) is 6.07 Å². The molecule has 1 aromatic rings. The van der Waals surface area contributed by atoms with Crippen molar-refractivity contribution in [2.24, 2.45) is 0 Å². The zero-order valence-corrected chi connectivity index (χ0v) is 9.66. The van der Waals surface area contributed by atoms with Crippen LogP contribution >= 0.6 is 0 Å². The number of aromatic nitrogens is 1.